The number of anilines is 1. The van der Waals surface area contributed by atoms with E-state index in [0.29, 0.717) is 48.5 Å². The zero-order valence-corrected chi connectivity index (χ0v) is 19.3. The SMILES string of the molecule is O=C1CCC(N2Cc3cc(N4CCN(C(=O)c5cccc6nc[nH]c56)CC4)c(F)cc3C2=O)C(=O)N1. The molecule has 11 heteroatoms. The summed E-state index contributed by atoms with van der Waals surface area (Å²) < 4.78 is 15.1. The van der Waals surface area contributed by atoms with Gasteiger partial charge in [0.05, 0.1) is 28.6 Å². The molecule has 1 aromatic heterocycles. The van der Waals surface area contributed by atoms with Crippen molar-refractivity contribution in [2.24, 2.45) is 0 Å². The van der Waals surface area contributed by atoms with Gasteiger partial charge in [0.25, 0.3) is 11.8 Å². The average molecular weight is 490 g/mol. The van der Waals surface area contributed by atoms with Crippen LogP contribution in [0.2, 0.25) is 0 Å². The molecule has 3 aromatic rings. The summed E-state index contributed by atoms with van der Waals surface area (Å²) in [5, 5.41) is 2.27. The molecule has 1 atom stereocenters. The molecule has 1 unspecified atom stereocenters. The van der Waals surface area contributed by atoms with Crippen LogP contribution in [0.1, 0.15) is 39.1 Å². The first-order valence-electron chi connectivity index (χ1n) is 11.8. The molecule has 0 bridgehead atoms. The lowest BCUT2D eigenvalue weighted by Gasteiger charge is -2.36. The Morgan fingerprint density at radius 1 is 1.08 bits per heavy atom. The third-order valence-electron chi connectivity index (χ3n) is 7.18. The van der Waals surface area contributed by atoms with E-state index in [4.69, 9.17) is 0 Å². The van der Waals surface area contributed by atoms with E-state index in [-0.39, 0.29) is 36.8 Å². The van der Waals surface area contributed by atoms with Crippen molar-refractivity contribution in [3.05, 3.63) is 59.2 Å². The Morgan fingerprint density at radius 2 is 1.89 bits per heavy atom. The Kier molecular flexibility index (Phi) is 5.20. The first kappa shape index (κ1) is 22.2. The number of aromatic nitrogens is 2. The molecule has 2 saturated heterocycles. The fourth-order valence-electron chi connectivity index (χ4n) is 5.28. The molecule has 36 heavy (non-hydrogen) atoms. The van der Waals surface area contributed by atoms with Gasteiger partial charge in [-0.3, -0.25) is 24.5 Å². The minimum Gasteiger partial charge on any atom is -0.366 e. The molecule has 0 saturated carbocycles. The monoisotopic (exact) mass is 490 g/mol. The summed E-state index contributed by atoms with van der Waals surface area (Å²) in [5.41, 5.74) is 3.22. The summed E-state index contributed by atoms with van der Waals surface area (Å²) in [7, 11) is 0. The highest BCUT2D eigenvalue weighted by atomic mass is 19.1. The number of imidazole rings is 1. The van der Waals surface area contributed by atoms with E-state index in [2.05, 4.69) is 15.3 Å². The number of piperidine rings is 1. The van der Waals surface area contributed by atoms with Gasteiger partial charge in [-0.25, -0.2) is 9.37 Å². The van der Waals surface area contributed by atoms with Gasteiger partial charge in [0, 0.05) is 44.7 Å². The van der Waals surface area contributed by atoms with E-state index in [1.165, 1.54) is 11.0 Å². The molecule has 0 spiro atoms. The molecule has 0 radical (unpaired) electrons. The summed E-state index contributed by atoms with van der Waals surface area (Å²) in [6.07, 6.45) is 1.97. The topological polar surface area (TPSA) is 119 Å². The number of fused-ring (bicyclic) bond motifs is 2. The number of imide groups is 1. The molecule has 4 amide bonds. The quantitative estimate of drug-likeness (QED) is 0.536. The van der Waals surface area contributed by atoms with Gasteiger partial charge in [-0.05, 0) is 36.2 Å². The van der Waals surface area contributed by atoms with Crippen molar-refractivity contribution in [1.29, 1.82) is 0 Å². The fourth-order valence-corrected chi connectivity index (χ4v) is 5.28. The Labute approximate surface area is 205 Å². The zero-order valence-electron chi connectivity index (χ0n) is 19.3. The maximum absolute atomic E-state index is 15.1. The molecule has 2 N–H and O–H groups in total. The van der Waals surface area contributed by atoms with E-state index in [1.807, 2.05) is 11.0 Å². The van der Waals surface area contributed by atoms with Crippen LogP contribution in [-0.4, -0.2) is 75.6 Å². The second-order valence-electron chi connectivity index (χ2n) is 9.24. The van der Waals surface area contributed by atoms with Crippen LogP contribution in [0.25, 0.3) is 11.0 Å². The van der Waals surface area contributed by atoms with Gasteiger partial charge in [0.2, 0.25) is 11.8 Å². The summed E-state index contributed by atoms with van der Waals surface area (Å²) in [6, 6.07) is 7.55. The number of carbonyl (C=O) groups is 4. The molecule has 0 aliphatic carbocycles. The van der Waals surface area contributed by atoms with E-state index in [9.17, 15) is 19.2 Å². The largest absolute Gasteiger partial charge is 0.366 e. The highest BCUT2D eigenvalue weighted by Gasteiger charge is 2.40. The second kappa shape index (κ2) is 8.43. The molecular weight excluding hydrogens is 467 g/mol. The highest BCUT2D eigenvalue weighted by molar-refractivity contribution is 6.06. The number of rotatable bonds is 3. The van der Waals surface area contributed by atoms with Crippen LogP contribution in [0.4, 0.5) is 10.1 Å². The minimum absolute atomic E-state index is 0.107. The molecule has 3 aliphatic heterocycles. The molecule has 184 valence electrons. The molecule has 3 aliphatic rings. The summed E-state index contributed by atoms with van der Waals surface area (Å²) in [6.45, 7) is 1.89. The van der Waals surface area contributed by atoms with Gasteiger partial charge in [0.1, 0.15) is 11.9 Å². The van der Waals surface area contributed by atoms with Gasteiger partial charge < -0.3 is 19.7 Å². The summed E-state index contributed by atoms with van der Waals surface area (Å²) in [4.78, 5) is 62.0. The number of nitrogens with one attached hydrogen (secondary N) is 2. The summed E-state index contributed by atoms with van der Waals surface area (Å²) >= 11 is 0. The third kappa shape index (κ3) is 3.58. The number of para-hydroxylation sites is 1. The van der Waals surface area contributed by atoms with Gasteiger partial charge in [-0.15, -0.1) is 0 Å². The standard InChI is InChI=1S/C25H23FN6O4/c26-17-11-16-14(12-32(25(16)36)19-4-5-21(33)29-23(19)34)10-20(17)30-6-8-31(9-7-30)24(35)15-2-1-3-18-22(15)28-13-27-18/h1-3,10-11,13,19H,4-9,12H2,(H,27,28)(H,29,33,34). The normalized spacial score (nSPS) is 20.2. The van der Waals surface area contributed by atoms with Crippen molar-refractivity contribution >= 4 is 40.3 Å². The Bertz CT molecular complexity index is 1430. The van der Waals surface area contributed by atoms with E-state index in [0.717, 1.165) is 5.52 Å². The number of halogens is 1. The second-order valence-corrected chi connectivity index (χ2v) is 9.24. The van der Waals surface area contributed by atoms with E-state index in [1.54, 1.807) is 29.4 Å². The van der Waals surface area contributed by atoms with Crippen molar-refractivity contribution in [3.8, 4) is 0 Å². The molecule has 6 rings (SSSR count). The van der Waals surface area contributed by atoms with Gasteiger partial charge in [-0.1, -0.05) is 6.07 Å². The number of hydrogen-bond acceptors (Lipinski definition) is 6. The van der Waals surface area contributed by atoms with Crippen molar-refractivity contribution in [2.45, 2.75) is 25.4 Å². The van der Waals surface area contributed by atoms with E-state index >= 15 is 4.39 Å². The first-order chi connectivity index (χ1) is 17.4. The van der Waals surface area contributed by atoms with Crippen LogP contribution in [0, 0.1) is 5.82 Å². The number of H-pyrrole nitrogens is 1. The number of amides is 4. The number of carbonyl (C=O) groups excluding carboxylic acids is 4. The minimum atomic E-state index is -0.747. The van der Waals surface area contributed by atoms with Gasteiger partial charge >= 0.3 is 0 Å². The first-order valence-corrected chi connectivity index (χ1v) is 11.8. The van der Waals surface area contributed by atoms with Crippen LogP contribution < -0.4 is 10.2 Å². The maximum Gasteiger partial charge on any atom is 0.256 e. The van der Waals surface area contributed by atoms with Crippen LogP contribution in [0.15, 0.2) is 36.7 Å². The number of aromatic amines is 1. The molecule has 4 heterocycles. The number of benzene rings is 2. The summed E-state index contributed by atoms with van der Waals surface area (Å²) in [5.74, 6) is -1.89. The van der Waals surface area contributed by atoms with Crippen molar-refractivity contribution in [1.82, 2.24) is 25.1 Å². The highest BCUT2D eigenvalue weighted by Crippen LogP contribution is 2.33. The molecule has 2 fully saturated rings. The number of hydrogen-bond donors (Lipinski definition) is 2. The van der Waals surface area contributed by atoms with Crippen LogP contribution in [-0.2, 0) is 16.1 Å². The fraction of sp³-hybridized carbons (Fsp3) is 0.320. The van der Waals surface area contributed by atoms with Crippen LogP contribution >= 0.6 is 0 Å². The predicted molar refractivity (Wildman–Crippen MR) is 127 cm³/mol. The van der Waals surface area contributed by atoms with Gasteiger partial charge in [-0.2, -0.15) is 0 Å². The Balaban J connectivity index is 1.17. The average Bonchev–Trinajstić information content (AvgIpc) is 3.48. The van der Waals surface area contributed by atoms with Crippen LogP contribution in [0.5, 0.6) is 0 Å². The number of piperazine rings is 1. The number of nitrogens with zero attached hydrogens (tertiary/aromatic N) is 4. The molecule has 2 aromatic carbocycles. The van der Waals surface area contributed by atoms with Crippen LogP contribution in [0.3, 0.4) is 0 Å². The predicted octanol–water partition coefficient (Wildman–Crippen LogP) is 1.43. The molecular formula is C25H23FN6O4. The smallest absolute Gasteiger partial charge is 0.256 e. The Morgan fingerprint density at radius 3 is 2.67 bits per heavy atom. The molecule has 10 nitrogen and oxygen atoms in total. The lowest BCUT2D eigenvalue weighted by Crippen LogP contribution is -2.52. The van der Waals surface area contributed by atoms with Gasteiger partial charge in [0.15, 0.2) is 0 Å². The van der Waals surface area contributed by atoms with Crippen molar-refractivity contribution in [3.63, 3.8) is 0 Å². The lowest BCUT2D eigenvalue weighted by molar-refractivity contribution is -0.136. The zero-order chi connectivity index (χ0) is 25.0. The van der Waals surface area contributed by atoms with E-state index < -0.39 is 23.7 Å². The lowest BCUT2D eigenvalue weighted by atomic mass is 10.0. The Hall–Kier alpha value is -4.28. The van der Waals surface area contributed by atoms with Crippen molar-refractivity contribution < 1.29 is 23.6 Å². The van der Waals surface area contributed by atoms with Crippen molar-refractivity contribution in [2.75, 3.05) is 31.1 Å². The maximum atomic E-state index is 15.1. The third-order valence-corrected chi connectivity index (χ3v) is 7.18.